The predicted molar refractivity (Wildman–Crippen MR) is 120 cm³/mol. The fourth-order valence-electron chi connectivity index (χ4n) is 4.71. The van der Waals surface area contributed by atoms with Crippen molar-refractivity contribution in [2.75, 3.05) is 26.3 Å². The summed E-state index contributed by atoms with van der Waals surface area (Å²) in [5.41, 5.74) is 1.86. The smallest absolute Gasteiger partial charge is 0.480 e. The Kier molecular flexibility index (Phi) is 7.79. The molecule has 2 fully saturated rings. The zero-order chi connectivity index (χ0) is 25.8. The van der Waals surface area contributed by atoms with Crippen LogP contribution in [0, 0.1) is 5.92 Å². The Morgan fingerprint density at radius 1 is 1.17 bits per heavy atom. The topological polar surface area (TPSA) is 98.2 Å². The minimum atomic E-state index is -5.08. The third-order valence-electron chi connectivity index (χ3n) is 6.58. The highest BCUT2D eigenvalue weighted by atomic mass is 19.4. The average molecular weight is 508 g/mol. The van der Waals surface area contributed by atoms with Crippen LogP contribution in [-0.2, 0) is 32.1 Å². The second-order valence-electron chi connectivity index (χ2n) is 8.98. The van der Waals surface area contributed by atoms with Gasteiger partial charge < -0.3 is 24.2 Å². The van der Waals surface area contributed by atoms with E-state index in [1.807, 2.05) is 47.4 Å². The molecular formula is C25H27F3N2O6. The summed E-state index contributed by atoms with van der Waals surface area (Å²) < 4.78 is 49.5. The molecule has 1 spiro atoms. The van der Waals surface area contributed by atoms with Gasteiger partial charge in [0.1, 0.15) is 11.4 Å². The maximum absolute atomic E-state index is 12.9. The minimum Gasteiger partial charge on any atom is -0.480 e. The second kappa shape index (κ2) is 10.8. The van der Waals surface area contributed by atoms with Crippen molar-refractivity contribution in [3.05, 3.63) is 59.9 Å². The lowest BCUT2D eigenvalue weighted by atomic mass is 9.79. The van der Waals surface area contributed by atoms with Gasteiger partial charge >= 0.3 is 12.1 Å². The number of ether oxygens (including phenoxy) is 3. The van der Waals surface area contributed by atoms with Crippen LogP contribution in [-0.4, -0.2) is 71.1 Å². The number of carboxylic acids is 1. The number of aliphatic carboxylic acids is 1. The molecule has 2 aromatic rings. The van der Waals surface area contributed by atoms with Gasteiger partial charge in [0.15, 0.2) is 6.10 Å². The molecule has 0 saturated carbocycles. The summed E-state index contributed by atoms with van der Waals surface area (Å²) in [7, 11) is 0. The van der Waals surface area contributed by atoms with Crippen LogP contribution in [0.15, 0.2) is 48.7 Å². The lowest BCUT2D eigenvalue weighted by molar-refractivity contribution is -0.192. The van der Waals surface area contributed by atoms with Crippen LogP contribution in [0.2, 0.25) is 0 Å². The summed E-state index contributed by atoms with van der Waals surface area (Å²) in [6.45, 7) is 3.30. The third kappa shape index (κ3) is 5.96. The quantitative estimate of drug-likeness (QED) is 0.599. The van der Waals surface area contributed by atoms with Crippen LogP contribution in [0.5, 0.6) is 5.75 Å². The molecule has 1 aromatic carbocycles. The van der Waals surface area contributed by atoms with Crippen molar-refractivity contribution in [3.8, 4) is 5.75 Å². The van der Waals surface area contributed by atoms with Crippen molar-refractivity contribution in [1.29, 1.82) is 0 Å². The van der Waals surface area contributed by atoms with Crippen molar-refractivity contribution in [3.63, 3.8) is 0 Å². The van der Waals surface area contributed by atoms with Gasteiger partial charge in [0.25, 0.3) is 5.91 Å². The molecule has 0 radical (unpaired) electrons. The fraction of sp³-hybridized carbons (Fsp3) is 0.480. The largest absolute Gasteiger partial charge is 0.490 e. The molecule has 194 valence electrons. The van der Waals surface area contributed by atoms with Gasteiger partial charge in [-0.15, -0.1) is 0 Å². The molecule has 0 aliphatic carbocycles. The number of halogens is 3. The van der Waals surface area contributed by atoms with Crippen molar-refractivity contribution in [2.24, 2.45) is 5.92 Å². The van der Waals surface area contributed by atoms with E-state index in [2.05, 4.69) is 4.98 Å². The van der Waals surface area contributed by atoms with Gasteiger partial charge in [-0.1, -0.05) is 24.3 Å². The molecule has 3 aliphatic rings. The number of alkyl halides is 3. The highest BCUT2D eigenvalue weighted by Gasteiger charge is 2.55. The Morgan fingerprint density at radius 2 is 1.89 bits per heavy atom. The number of aromatic nitrogens is 1. The molecule has 1 amide bonds. The molecule has 2 saturated heterocycles. The van der Waals surface area contributed by atoms with Gasteiger partial charge in [-0.05, 0) is 42.5 Å². The van der Waals surface area contributed by atoms with E-state index >= 15 is 0 Å². The number of pyridine rings is 1. The second-order valence-corrected chi connectivity index (χ2v) is 8.98. The van der Waals surface area contributed by atoms with Crippen molar-refractivity contribution in [2.45, 2.75) is 43.8 Å². The highest BCUT2D eigenvalue weighted by Crippen LogP contribution is 2.42. The molecule has 2 atom stereocenters. The first-order valence-electron chi connectivity index (χ1n) is 11.6. The standard InChI is InChI=1S/C23H26N2O4.C2HF3O2/c26-22(21-13-17-5-1-2-7-20(17)29-21)25-15-23(16-25)18(9-12-28-23)8-11-27-14-19-6-3-4-10-24-19;3-2(4,5)1(6)7/h1-7,10,18,21H,8-9,11-16H2;(H,6,7). The van der Waals surface area contributed by atoms with E-state index < -0.39 is 18.2 Å². The first kappa shape index (κ1) is 25.9. The highest BCUT2D eigenvalue weighted by molar-refractivity contribution is 5.83. The SMILES string of the molecule is O=C(C1Cc2ccccc2O1)N1CC2(C1)OCCC2CCOCc1ccccn1.O=C(O)C(F)(F)F. The molecule has 0 bridgehead atoms. The number of amides is 1. The summed E-state index contributed by atoms with van der Waals surface area (Å²) in [4.78, 5) is 27.9. The maximum atomic E-state index is 12.9. The number of rotatable bonds is 6. The molecule has 3 aliphatic heterocycles. The number of hydrogen-bond donors (Lipinski definition) is 1. The molecule has 1 aromatic heterocycles. The Labute approximate surface area is 206 Å². The summed E-state index contributed by atoms with van der Waals surface area (Å²) >= 11 is 0. The lowest BCUT2D eigenvalue weighted by Crippen LogP contribution is -2.67. The van der Waals surface area contributed by atoms with Crippen LogP contribution in [0.4, 0.5) is 13.2 Å². The first-order chi connectivity index (χ1) is 17.2. The van der Waals surface area contributed by atoms with E-state index in [4.69, 9.17) is 24.1 Å². The summed E-state index contributed by atoms with van der Waals surface area (Å²) in [6, 6.07) is 13.7. The molecule has 1 N–H and O–H groups in total. The Bertz CT molecular complexity index is 1030. The number of carbonyl (C=O) groups is 2. The van der Waals surface area contributed by atoms with Gasteiger partial charge in [-0.25, -0.2) is 4.79 Å². The van der Waals surface area contributed by atoms with E-state index in [1.54, 1.807) is 6.20 Å². The maximum Gasteiger partial charge on any atom is 0.490 e. The Morgan fingerprint density at radius 3 is 2.56 bits per heavy atom. The van der Waals surface area contributed by atoms with Crippen LogP contribution in [0.1, 0.15) is 24.1 Å². The molecule has 5 rings (SSSR count). The fourth-order valence-corrected chi connectivity index (χ4v) is 4.71. The van der Waals surface area contributed by atoms with E-state index in [-0.39, 0.29) is 11.5 Å². The molecule has 2 unspecified atom stereocenters. The van der Waals surface area contributed by atoms with Crippen molar-refractivity contribution >= 4 is 11.9 Å². The van der Waals surface area contributed by atoms with Crippen LogP contribution in [0.25, 0.3) is 0 Å². The van der Waals surface area contributed by atoms with Gasteiger partial charge in [-0.3, -0.25) is 9.78 Å². The summed E-state index contributed by atoms with van der Waals surface area (Å²) in [5, 5.41) is 7.12. The first-order valence-corrected chi connectivity index (χ1v) is 11.6. The summed E-state index contributed by atoms with van der Waals surface area (Å²) in [5.74, 6) is -1.42. The van der Waals surface area contributed by atoms with Gasteiger partial charge in [0.05, 0.1) is 25.4 Å². The van der Waals surface area contributed by atoms with Gasteiger partial charge in [0, 0.05) is 25.8 Å². The number of likely N-dealkylation sites (tertiary alicyclic amines) is 1. The van der Waals surface area contributed by atoms with E-state index in [1.165, 1.54) is 0 Å². The number of benzene rings is 1. The zero-order valence-electron chi connectivity index (χ0n) is 19.4. The van der Waals surface area contributed by atoms with Crippen molar-refractivity contribution < 1.29 is 42.1 Å². The van der Waals surface area contributed by atoms with Crippen LogP contribution in [0.3, 0.4) is 0 Å². The van der Waals surface area contributed by atoms with Crippen LogP contribution < -0.4 is 4.74 Å². The monoisotopic (exact) mass is 508 g/mol. The third-order valence-corrected chi connectivity index (χ3v) is 6.58. The average Bonchev–Trinajstić information content (AvgIpc) is 3.45. The molecule has 11 heteroatoms. The normalized spacial score (nSPS) is 21.7. The molecule has 36 heavy (non-hydrogen) atoms. The molecule has 8 nitrogen and oxygen atoms in total. The van der Waals surface area contributed by atoms with Gasteiger partial charge in [-0.2, -0.15) is 13.2 Å². The predicted octanol–water partition coefficient (Wildman–Crippen LogP) is 3.24. The zero-order valence-corrected chi connectivity index (χ0v) is 19.4. The number of carboxylic acid groups (broad SMARTS) is 1. The number of nitrogens with zero attached hydrogens (tertiary/aromatic N) is 2. The lowest BCUT2D eigenvalue weighted by Gasteiger charge is -2.50. The van der Waals surface area contributed by atoms with Gasteiger partial charge in [0.2, 0.25) is 0 Å². The number of carbonyl (C=O) groups excluding carboxylic acids is 1. The van der Waals surface area contributed by atoms with E-state index in [0.29, 0.717) is 38.6 Å². The molecular weight excluding hydrogens is 481 g/mol. The number of para-hydroxylation sites is 1. The van der Waals surface area contributed by atoms with E-state index in [0.717, 1.165) is 36.5 Å². The minimum absolute atomic E-state index is 0.0764. The Hall–Kier alpha value is -3.18. The van der Waals surface area contributed by atoms with Crippen LogP contribution >= 0.6 is 0 Å². The molecule has 4 heterocycles. The van der Waals surface area contributed by atoms with Crippen molar-refractivity contribution in [1.82, 2.24) is 9.88 Å². The van der Waals surface area contributed by atoms with E-state index in [9.17, 15) is 18.0 Å². The number of fused-ring (bicyclic) bond motifs is 1. The number of hydrogen-bond acceptors (Lipinski definition) is 6. The summed E-state index contributed by atoms with van der Waals surface area (Å²) in [6.07, 6.45) is -1.07. The Balaban J connectivity index is 0.000000384.